The number of hydroxylamine groups is 2. The van der Waals surface area contributed by atoms with Gasteiger partial charge in [0.1, 0.15) is 5.60 Å². The van der Waals surface area contributed by atoms with Gasteiger partial charge in [0.15, 0.2) is 11.9 Å². The third-order valence-electron chi connectivity index (χ3n) is 5.35. The van der Waals surface area contributed by atoms with Crippen LogP contribution in [-0.4, -0.2) is 87.4 Å². The fourth-order valence-corrected chi connectivity index (χ4v) is 3.92. The van der Waals surface area contributed by atoms with Gasteiger partial charge in [0.25, 0.3) is 0 Å². The van der Waals surface area contributed by atoms with Crippen LogP contribution in [-0.2, 0) is 9.53 Å². The summed E-state index contributed by atoms with van der Waals surface area (Å²) < 4.78 is 5.01. The molecule has 1 saturated carbocycles. The molecule has 0 amide bonds. The largest absolute Gasteiger partial charge is 0.479 e. The summed E-state index contributed by atoms with van der Waals surface area (Å²) in [5, 5.41) is 29.3. The first-order valence-corrected chi connectivity index (χ1v) is 8.93. The monoisotopic (exact) mass is 366 g/mol. The van der Waals surface area contributed by atoms with Gasteiger partial charge >= 0.3 is 5.97 Å². The zero-order chi connectivity index (χ0) is 18.6. The van der Waals surface area contributed by atoms with E-state index < -0.39 is 17.7 Å². The van der Waals surface area contributed by atoms with Crippen LogP contribution < -0.4 is 4.84 Å². The normalized spacial score (nSPS) is 29.2. The highest BCUT2D eigenvalue weighted by Crippen LogP contribution is 2.35. The Balaban J connectivity index is 1.47. The number of aliphatic carboxylic acids is 1. The molecule has 1 aromatic heterocycles. The van der Waals surface area contributed by atoms with Gasteiger partial charge in [0, 0.05) is 45.4 Å². The average molecular weight is 366 g/mol. The van der Waals surface area contributed by atoms with E-state index >= 15 is 0 Å². The van der Waals surface area contributed by atoms with Gasteiger partial charge in [-0.2, -0.15) is 10.2 Å². The molecule has 0 radical (unpaired) electrons. The van der Waals surface area contributed by atoms with Crippen molar-refractivity contribution in [2.24, 2.45) is 0 Å². The molecular weight excluding hydrogens is 340 g/mol. The molecule has 1 aromatic rings. The molecule has 1 saturated heterocycles. The number of carboxylic acid groups (broad SMARTS) is 1. The number of carboxylic acids is 1. The van der Waals surface area contributed by atoms with E-state index in [0.717, 1.165) is 39.0 Å². The van der Waals surface area contributed by atoms with E-state index in [1.165, 1.54) is 7.11 Å². The van der Waals surface area contributed by atoms with Gasteiger partial charge in [-0.05, 0) is 25.7 Å². The van der Waals surface area contributed by atoms with Crippen molar-refractivity contribution in [2.45, 2.75) is 43.4 Å². The van der Waals surface area contributed by atoms with Gasteiger partial charge in [-0.3, -0.25) is 4.90 Å². The first-order chi connectivity index (χ1) is 12.5. The lowest BCUT2D eigenvalue weighted by Gasteiger charge is -2.44. The zero-order valence-corrected chi connectivity index (χ0v) is 15.0. The molecule has 144 valence electrons. The maximum Gasteiger partial charge on any atom is 0.335 e. The standard InChI is InChI=1S/C17H26N4O5/c1-25-15(16(22)23)17(24)5-2-13(3-6-17)20-8-10-21(11-9-20)26-14-4-7-18-19-12-14/h4,7,12-13,15,24H,2-3,5-6,8-11H2,1H3,(H,22,23). The fourth-order valence-electron chi connectivity index (χ4n) is 3.92. The number of methoxy groups -OCH3 is 1. The van der Waals surface area contributed by atoms with Crippen LogP contribution in [0.15, 0.2) is 18.5 Å². The predicted molar refractivity (Wildman–Crippen MR) is 91.4 cm³/mol. The fraction of sp³-hybridized carbons (Fsp3) is 0.706. The number of ether oxygens (including phenoxy) is 1. The molecule has 0 aromatic carbocycles. The van der Waals surface area contributed by atoms with E-state index in [0.29, 0.717) is 24.6 Å². The molecule has 9 heteroatoms. The number of aromatic nitrogens is 2. The summed E-state index contributed by atoms with van der Waals surface area (Å²) in [6.45, 7) is 3.29. The molecule has 1 aliphatic carbocycles. The van der Waals surface area contributed by atoms with Gasteiger partial charge in [-0.1, -0.05) is 0 Å². The summed E-state index contributed by atoms with van der Waals surface area (Å²) in [7, 11) is 1.33. The molecule has 1 unspecified atom stereocenters. The second-order valence-electron chi connectivity index (χ2n) is 6.92. The molecule has 2 N–H and O–H groups in total. The van der Waals surface area contributed by atoms with Crippen LogP contribution in [0.3, 0.4) is 0 Å². The average Bonchev–Trinajstić information content (AvgIpc) is 2.64. The molecule has 2 aliphatic rings. The lowest BCUT2D eigenvalue weighted by molar-refractivity contribution is -0.174. The summed E-state index contributed by atoms with van der Waals surface area (Å²) >= 11 is 0. The summed E-state index contributed by atoms with van der Waals surface area (Å²) in [6.07, 6.45) is 4.41. The first kappa shape index (κ1) is 19.0. The van der Waals surface area contributed by atoms with Crippen LogP contribution in [0.1, 0.15) is 25.7 Å². The molecule has 0 bridgehead atoms. The van der Waals surface area contributed by atoms with E-state index in [4.69, 9.17) is 9.57 Å². The van der Waals surface area contributed by atoms with Gasteiger partial charge in [0.05, 0.1) is 12.4 Å². The first-order valence-electron chi connectivity index (χ1n) is 8.93. The maximum absolute atomic E-state index is 11.3. The van der Waals surface area contributed by atoms with E-state index in [2.05, 4.69) is 15.1 Å². The quantitative estimate of drug-likeness (QED) is 0.728. The highest BCUT2D eigenvalue weighted by Gasteiger charge is 2.45. The summed E-state index contributed by atoms with van der Waals surface area (Å²) in [4.78, 5) is 19.5. The number of hydrogen-bond donors (Lipinski definition) is 2. The minimum absolute atomic E-state index is 0.353. The summed E-state index contributed by atoms with van der Waals surface area (Å²) in [5.41, 5.74) is -1.28. The number of aliphatic hydroxyl groups is 1. The van der Waals surface area contributed by atoms with Crippen LogP contribution in [0.4, 0.5) is 0 Å². The highest BCUT2D eigenvalue weighted by atomic mass is 16.7. The third kappa shape index (κ3) is 4.29. The molecule has 1 atom stereocenters. The molecule has 1 aliphatic heterocycles. The Labute approximate surface area is 152 Å². The van der Waals surface area contributed by atoms with E-state index in [1.54, 1.807) is 18.5 Å². The van der Waals surface area contributed by atoms with Crippen molar-refractivity contribution in [1.29, 1.82) is 0 Å². The second-order valence-corrected chi connectivity index (χ2v) is 6.92. The predicted octanol–water partition coefficient (Wildman–Crippen LogP) is 0.161. The SMILES string of the molecule is COC(C(=O)O)C1(O)CCC(N2CCN(Oc3ccnnc3)CC2)CC1. The molecule has 3 rings (SSSR count). The number of rotatable bonds is 6. The number of carbonyl (C=O) groups is 1. The Morgan fingerprint density at radius 3 is 2.50 bits per heavy atom. The third-order valence-corrected chi connectivity index (χ3v) is 5.35. The highest BCUT2D eigenvalue weighted by molar-refractivity contribution is 5.74. The van der Waals surface area contributed by atoms with Gasteiger partial charge in [-0.15, -0.1) is 5.06 Å². The van der Waals surface area contributed by atoms with Gasteiger partial charge in [-0.25, -0.2) is 4.79 Å². The topological polar surface area (TPSA) is 108 Å². The zero-order valence-electron chi connectivity index (χ0n) is 15.0. The lowest BCUT2D eigenvalue weighted by atomic mass is 9.78. The van der Waals surface area contributed by atoms with Crippen molar-refractivity contribution >= 4 is 5.97 Å². The number of nitrogens with zero attached hydrogens (tertiary/aromatic N) is 4. The molecule has 9 nitrogen and oxygen atoms in total. The van der Waals surface area contributed by atoms with Crippen molar-refractivity contribution < 1.29 is 24.6 Å². The van der Waals surface area contributed by atoms with Crippen LogP contribution in [0.25, 0.3) is 0 Å². The number of piperazine rings is 1. The van der Waals surface area contributed by atoms with Crippen LogP contribution in [0.2, 0.25) is 0 Å². The molecule has 2 heterocycles. The van der Waals surface area contributed by atoms with Crippen molar-refractivity contribution in [2.75, 3.05) is 33.3 Å². The summed E-state index contributed by atoms with van der Waals surface area (Å²) in [5.74, 6) is -0.430. The molecule has 0 spiro atoms. The van der Waals surface area contributed by atoms with Gasteiger partial charge in [0.2, 0.25) is 0 Å². The smallest absolute Gasteiger partial charge is 0.335 e. The Morgan fingerprint density at radius 1 is 1.27 bits per heavy atom. The lowest BCUT2D eigenvalue weighted by Crippen LogP contribution is -2.56. The Morgan fingerprint density at radius 2 is 1.96 bits per heavy atom. The second kappa shape index (κ2) is 8.26. The molecule has 26 heavy (non-hydrogen) atoms. The van der Waals surface area contributed by atoms with Crippen LogP contribution >= 0.6 is 0 Å². The Kier molecular flexibility index (Phi) is 6.02. The van der Waals surface area contributed by atoms with Crippen LogP contribution in [0.5, 0.6) is 5.75 Å². The Hall–Kier alpha value is -1.81. The molecular formula is C17H26N4O5. The van der Waals surface area contributed by atoms with Crippen LogP contribution in [0, 0.1) is 0 Å². The van der Waals surface area contributed by atoms with E-state index in [9.17, 15) is 15.0 Å². The maximum atomic E-state index is 11.3. The van der Waals surface area contributed by atoms with Crippen molar-refractivity contribution in [3.05, 3.63) is 18.5 Å². The minimum atomic E-state index is -1.28. The van der Waals surface area contributed by atoms with E-state index in [1.807, 2.05) is 5.06 Å². The number of hydrogen-bond acceptors (Lipinski definition) is 8. The summed E-state index contributed by atoms with van der Waals surface area (Å²) in [6, 6.07) is 2.13. The van der Waals surface area contributed by atoms with Crippen molar-refractivity contribution in [1.82, 2.24) is 20.2 Å². The molecule has 2 fully saturated rings. The Bertz CT molecular complexity index is 586. The minimum Gasteiger partial charge on any atom is -0.479 e. The van der Waals surface area contributed by atoms with Gasteiger partial charge < -0.3 is 19.8 Å². The van der Waals surface area contributed by atoms with Crippen molar-refractivity contribution in [3.63, 3.8) is 0 Å². The van der Waals surface area contributed by atoms with Crippen molar-refractivity contribution in [3.8, 4) is 5.75 Å². The van der Waals surface area contributed by atoms with E-state index in [-0.39, 0.29) is 0 Å².